The van der Waals surface area contributed by atoms with Gasteiger partial charge in [0, 0.05) is 30.0 Å². The zero-order valence-electron chi connectivity index (χ0n) is 17.6. The van der Waals surface area contributed by atoms with Crippen molar-refractivity contribution in [1.82, 2.24) is 20.3 Å². The van der Waals surface area contributed by atoms with Crippen LogP contribution in [0.4, 0.5) is 4.39 Å². The van der Waals surface area contributed by atoms with E-state index < -0.39 is 0 Å². The molecule has 0 unspecified atom stereocenters. The predicted octanol–water partition coefficient (Wildman–Crippen LogP) is 4.32. The summed E-state index contributed by atoms with van der Waals surface area (Å²) in [6.45, 7) is 2.87. The van der Waals surface area contributed by atoms with Crippen molar-refractivity contribution in [3.63, 3.8) is 0 Å². The number of halogens is 1. The third kappa shape index (κ3) is 6.12. The maximum atomic E-state index is 14.4. The number of benzene rings is 1. The highest BCUT2D eigenvalue weighted by Gasteiger charge is 2.23. The van der Waals surface area contributed by atoms with Gasteiger partial charge in [0.05, 0.1) is 6.61 Å². The first kappa shape index (κ1) is 22.4. The van der Waals surface area contributed by atoms with Gasteiger partial charge in [0.15, 0.2) is 0 Å². The minimum absolute atomic E-state index is 0.179. The largest absolute Gasteiger partial charge is 0.299 e. The molecule has 4 rings (SSSR count). The number of carbonyl (C=O) groups excluding carboxylic acids is 1. The molecule has 2 aromatic heterocycles. The summed E-state index contributed by atoms with van der Waals surface area (Å²) in [7, 11) is 0. The fourth-order valence-corrected chi connectivity index (χ4v) is 4.65. The Morgan fingerprint density at radius 1 is 1.12 bits per heavy atom. The molecule has 6 nitrogen and oxygen atoms in total. The molecule has 32 heavy (non-hydrogen) atoms. The van der Waals surface area contributed by atoms with Crippen molar-refractivity contribution in [2.75, 3.05) is 13.1 Å². The van der Waals surface area contributed by atoms with Crippen molar-refractivity contribution in [3.8, 4) is 0 Å². The number of rotatable bonds is 9. The van der Waals surface area contributed by atoms with Crippen LogP contribution in [0.15, 0.2) is 71.0 Å². The molecule has 0 atom stereocenters. The van der Waals surface area contributed by atoms with Gasteiger partial charge in [-0.3, -0.25) is 19.5 Å². The highest BCUT2D eigenvalue weighted by molar-refractivity contribution is 7.99. The average molecular weight is 453 g/mol. The summed E-state index contributed by atoms with van der Waals surface area (Å²) in [6.07, 6.45) is 7.77. The Labute approximate surface area is 191 Å². The number of nitrogens with one attached hydrogen (secondary N) is 1. The second-order valence-electron chi connectivity index (χ2n) is 7.72. The van der Waals surface area contributed by atoms with Gasteiger partial charge in [-0.2, -0.15) is 0 Å². The molecule has 1 aromatic carbocycles. The first-order chi connectivity index (χ1) is 15.7. The van der Waals surface area contributed by atoms with Crippen LogP contribution in [0.2, 0.25) is 0 Å². The fraction of sp³-hybridized carbons (Fsp3) is 0.292. The Morgan fingerprint density at radius 2 is 1.91 bits per heavy atom. The highest BCUT2D eigenvalue weighted by Crippen LogP contribution is 2.31. The van der Waals surface area contributed by atoms with E-state index in [1.54, 1.807) is 30.2 Å². The Morgan fingerprint density at radius 3 is 2.62 bits per heavy atom. The maximum Gasteiger partial charge on any atom is 0.230 e. The van der Waals surface area contributed by atoms with E-state index in [2.05, 4.69) is 32.5 Å². The van der Waals surface area contributed by atoms with Gasteiger partial charge in [-0.1, -0.05) is 30.0 Å². The summed E-state index contributed by atoms with van der Waals surface area (Å²) in [5.74, 6) is 0.00419. The molecule has 166 valence electrons. The molecule has 1 fully saturated rings. The van der Waals surface area contributed by atoms with Crippen LogP contribution in [0.3, 0.4) is 0 Å². The Bertz CT molecular complexity index is 1010. The number of aromatic nitrogens is 2. The monoisotopic (exact) mass is 452 g/mol. The summed E-state index contributed by atoms with van der Waals surface area (Å²) in [6, 6.07) is 13.1. The highest BCUT2D eigenvalue weighted by atomic mass is 32.2. The van der Waals surface area contributed by atoms with Gasteiger partial charge in [0.1, 0.15) is 10.8 Å². The molecule has 3 aromatic rings. The maximum absolute atomic E-state index is 14.4. The van der Waals surface area contributed by atoms with E-state index >= 15 is 0 Å². The molecule has 1 saturated heterocycles. The Hall–Kier alpha value is -2.81. The smallest absolute Gasteiger partial charge is 0.230 e. The average Bonchev–Trinajstić information content (AvgIpc) is 2.83. The summed E-state index contributed by atoms with van der Waals surface area (Å²) in [4.78, 5) is 27.4. The fourth-order valence-electron chi connectivity index (χ4n) is 3.91. The van der Waals surface area contributed by atoms with Crippen molar-refractivity contribution in [1.29, 1.82) is 0 Å². The van der Waals surface area contributed by atoms with Crippen LogP contribution in [-0.4, -0.2) is 34.4 Å². The molecular weight excluding hydrogens is 427 g/mol. The lowest BCUT2D eigenvalue weighted by Gasteiger charge is -2.32. The summed E-state index contributed by atoms with van der Waals surface area (Å²) >= 11 is 1.62. The first-order valence-corrected chi connectivity index (χ1v) is 11.4. The van der Waals surface area contributed by atoms with Crippen LogP contribution in [0.25, 0.3) is 0 Å². The van der Waals surface area contributed by atoms with Crippen LogP contribution in [0.5, 0.6) is 0 Å². The molecule has 0 aliphatic carbocycles. The minimum Gasteiger partial charge on any atom is -0.299 e. The predicted molar refractivity (Wildman–Crippen MR) is 120 cm³/mol. The normalized spacial score (nSPS) is 14.9. The standard InChI is InChI=1S/C24H25FN4O2S/c25-23-3-1-18(16-31-28-17-30)13-22(23)20-7-11-29(12-8-20)15-19-2-4-24(27-14-19)32-21-5-9-26-10-6-21/h1-6,9-10,13-14,17,20H,7-8,11-12,15-16H2,(H,28,30). The quantitative estimate of drug-likeness (QED) is 0.296. The molecule has 0 bridgehead atoms. The van der Waals surface area contributed by atoms with E-state index in [4.69, 9.17) is 4.84 Å². The molecule has 1 amide bonds. The number of hydroxylamine groups is 1. The van der Waals surface area contributed by atoms with E-state index in [-0.39, 0.29) is 18.3 Å². The summed E-state index contributed by atoms with van der Waals surface area (Å²) < 4.78 is 14.4. The number of nitrogens with zero attached hydrogens (tertiary/aromatic N) is 3. The van der Waals surface area contributed by atoms with Crippen LogP contribution >= 0.6 is 11.8 Å². The minimum atomic E-state index is -0.179. The van der Waals surface area contributed by atoms with Crippen LogP contribution in [-0.2, 0) is 22.8 Å². The van der Waals surface area contributed by atoms with Gasteiger partial charge in [-0.05, 0) is 72.8 Å². The topological polar surface area (TPSA) is 67.3 Å². The van der Waals surface area contributed by atoms with Crippen molar-refractivity contribution in [2.24, 2.45) is 0 Å². The van der Waals surface area contributed by atoms with Gasteiger partial charge in [0.2, 0.25) is 6.41 Å². The number of amides is 1. The number of hydrogen-bond donors (Lipinski definition) is 1. The van der Waals surface area contributed by atoms with Gasteiger partial charge in [-0.25, -0.2) is 14.9 Å². The lowest BCUT2D eigenvalue weighted by Crippen LogP contribution is -2.32. The molecule has 3 heterocycles. The number of hydrogen-bond acceptors (Lipinski definition) is 6. The van der Waals surface area contributed by atoms with E-state index in [0.29, 0.717) is 6.41 Å². The van der Waals surface area contributed by atoms with Crippen LogP contribution < -0.4 is 5.48 Å². The zero-order valence-corrected chi connectivity index (χ0v) is 18.4. The van der Waals surface area contributed by atoms with E-state index in [1.807, 2.05) is 24.4 Å². The van der Waals surface area contributed by atoms with Gasteiger partial charge < -0.3 is 0 Å². The third-order valence-electron chi connectivity index (χ3n) is 5.53. The molecule has 0 spiro atoms. The first-order valence-electron chi connectivity index (χ1n) is 10.6. The zero-order chi connectivity index (χ0) is 22.2. The lowest BCUT2D eigenvalue weighted by molar-refractivity contribution is -0.121. The second kappa shape index (κ2) is 11.2. The van der Waals surface area contributed by atoms with Gasteiger partial charge >= 0.3 is 0 Å². The van der Waals surface area contributed by atoms with E-state index in [0.717, 1.165) is 53.5 Å². The summed E-state index contributed by atoms with van der Waals surface area (Å²) in [5.41, 5.74) is 4.92. The van der Waals surface area contributed by atoms with E-state index in [9.17, 15) is 9.18 Å². The van der Waals surface area contributed by atoms with Crippen LogP contribution in [0, 0.1) is 5.82 Å². The van der Waals surface area contributed by atoms with Crippen molar-refractivity contribution < 1.29 is 14.0 Å². The molecule has 0 radical (unpaired) electrons. The molecule has 8 heteroatoms. The van der Waals surface area contributed by atoms with Gasteiger partial charge in [-0.15, -0.1) is 0 Å². The van der Waals surface area contributed by atoms with Gasteiger partial charge in [0.25, 0.3) is 0 Å². The molecule has 1 aliphatic heterocycles. The van der Waals surface area contributed by atoms with Crippen molar-refractivity contribution in [3.05, 3.63) is 83.6 Å². The molecule has 1 aliphatic rings. The number of carbonyl (C=O) groups is 1. The number of piperidine rings is 1. The van der Waals surface area contributed by atoms with Crippen LogP contribution in [0.1, 0.15) is 35.4 Å². The SMILES string of the molecule is O=CNOCc1ccc(F)c(C2CCN(Cc3ccc(Sc4ccncc4)nc3)CC2)c1. The molecular formula is C24H25FN4O2S. The third-order valence-corrected chi connectivity index (χ3v) is 6.49. The lowest BCUT2D eigenvalue weighted by atomic mass is 9.88. The van der Waals surface area contributed by atoms with E-state index in [1.165, 1.54) is 11.6 Å². The Kier molecular flexibility index (Phi) is 7.82. The Balaban J connectivity index is 1.29. The van der Waals surface area contributed by atoms with Crippen molar-refractivity contribution >= 4 is 18.2 Å². The summed E-state index contributed by atoms with van der Waals surface area (Å²) in [5, 5.41) is 0.960. The number of pyridine rings is 2. The van der Waals surface area contributed by atoms with Crippen molar-refractivity contribution in [2.45, 2.75) is 41.8 Å². The second-order valence-corrected chi connectivity index (χ2v) is 8.81. The molecule has 0 saturated carbocycles. The molecule has 1 N–H and O–H groups in total. The number of likely N-dealkylation sites (tertiary alicyclic amines) is 1.